The molecule has 1 aromatic rings. The van der Waals surface area contributed by atoms with E-state index >= 15 is 0 Å². The number of aliphatic hydroxyl groups is 1. The van der Waals surface area contributed by atoms with Crippen molar-refractivity contribution in [2.75, 3.05) is 19.0 Å². The lowest BCUT2D eigenvalue weighted by Crippen LogP contribution is -2.50. The van der Waals surface area contributed by atoms with Gasteiger partial charge in [0.15, 0.2) is 5.78 Å². The summed E-state index contributed by atoms with van der Waals surface area (Å²) < 4.78 is 0. The van der Waals surface area contributed by atoms with Gasteiger partial charge >= 0.3 is 0 Å². The van der Waals surface area contributed by atoms with Crippen molar-refractivity contribution in [2.24, 2.45) is 29.1 Å². The number of aliphatic hydroxyl groups excluding tert-OH is 1. The average molecular weight is 394 g/mol. The number of rotatable bonds is 2. The number of fused-ring (bicyclic) bond motifs is 5. The smallest absolute Gasteiger partial charge is 0.155 e. The van der Waals surface area contributed by atoms with Crippen LogP contribution >= 0.6 is 0 Å². The van der Waals surface area contributed by atoms with Crippen LogP contribution < -0.4 is 4.90 Å². The molecular formula is C26H35NO2. The van der Waals surface area contributed by atoms with Crippen LogP contribution in [0.15, 0.2) is 35.9 Å². The predicted octanol–water partition coefficient (Wildman–Crippen LogP) is 4.95. The molecule has 5 rings (SSSR count). The maximum absolute atomic E-state index is 12.2. The summed E-state index contributed by atoms with van der Waals surface area (Å²) in [6.45, 7) is 2.35. The minimum Gasteiger partial charge on any atom is -0.393 e. The molecule has 3 nitrogen and oxygen atoms in total. The van der Waals surface area contributed by atoms with E-state index in [2.05, 4.69) is 50.2 Å². The lowest BCUT2D eigenvalue weighted by molar-refractivity contribution is -0.116. The number of hydrogen-bond donors (Lipinski definition) is 1. The third kappa shape index (κ3) is 3.00. The molecule has 0 unspecified atom stereocenters. The Morgan fingerprint density at radius 1 is 1.03 bits per heavy atom. The van der Waals surface area contributed by atoms with Crippen LogP contribution in [0.3, 0.4) is 0 Å². The molecule has 3 saturated carbocycles. The average Bonchev–Trinajstić information content (AvgIpc) is 3.02. The highest BCUT2D eigenvalue weighted by molar-refractivity contribution is 5.91. The molecule has 0 heterocycles. The summed E-state index contributed by atoms with van der Waals surface area (Å²) in [5, 5.41) is 10.8. The Hall–Kier alpha value is -1.61. The lowest BCUT2D eigenvalue weighted by atomic mass is 9.48. The van der Waals surface area contributed by atoms with Gasteiger partial charge in [-0.3, -0.25) is 4.79 Å². The molecule has 4 aliphatic rings. The second-order valence-corrected chi connectivity index (χ2v) is 10.6. The van der Waals surface area contributed by atoms with Crippen molar-refractivity contribution in [3.63, 3.8) is 0 Å². The van der Waals surface area contributed by atoms with E-state index in [0.717, 1.165) is 38.5 Å². The van der Waals surface area contributed by atoms with Gasteiger partial charge in [0, 0.05) is 26.2 Å². The van der Waals surface area contributed by atoms with Crippen LogP contribution in [0.5, 0.6) is 0 Å². The first-order valence-electron chi connectivity index (χ1n) is 11.6. The molecule has 0 aliphatic heterocycles. The van der Waals surface area contributed by atoms with Crippen molar-refractivity contribution in [1.29, 1.82) is 0 Å². The van der Waals surface area contributed by atoms with Crippen LogP contribution in [0.1, 0.15) is 63.4 Å². The third-order valence-corrected chi connectivity index (χ3v) is 9.13. The van der Waals surface area contributed by atoms with Gasteiger partial charge in [0.05, 0.1) is 6.10 Å². The first-order chi connectivity index (χ1) is 13.9. The molecule has 3 heteroatoms. The fourth-order valence-electron chi connectivity index (χ4n) is 7.56. The Balaban J connectivity index is 1.56. The highest BCUT2D eigenvalue weighted by Gasteiger charge is 2.58. The van der Waals surface area contributed by atoms with E-state index < -0.39 is 0 Å². The van der Waals surface area contributed by atoms with Gasteiger partial charge in [-0.25, -0.2) is 0 Å². The summed E-state index contributed by atoms with van der Waals surface area (Å²) in [5.41, 5.74) is 4.16. The van der Waals surface area contributed by atoms with Crippen LogP contribution in [0.4, 0.5) is 5.69 Å². The zero-order chi connectivity index (χ0) is 20.3. The zero-order valence-corrected chi connectivity index (χ0v) is 18.1. The van der Waals surface area contributed by atoms with E-state index in [0.29, 0.717) is 35.4 Å². The number of allylic oxidation sites excluding steroid dienone is 1. The van der Waals surface area contributed by atoms with E-state index in [1.165, 1.54) is 23.2 Å². The maximum atomic E-state index is 12.2. The van der Waals surface area contributed by atoms with Gasteiger partial charge in [-0.05, 0) is 97.3 Å². The Morgan fingerprint density at radius 2 is 1.79 bits per heavy atom. The van der Waals surface area contributed by atoms with Gasteiger partial charge in [-0.1, -0.05) is 24.6 Å². The number of ketones is 1. The largest absolute Gasteiger partial charge is 0.393 e. The first kappa shape index (κ1) is 19.4. The third-order valence-electron chi connectivity index (χ3n) is 9.13. The number of carbonyl (C=O) groups excluding carboxylic acids is 1. The summed E-state index contributed by atoms with van der Waals surface area (Å²) in [5.74, 6) is 3.30. The van der Waals surface area contributed by atoms with Gasteiger partial charge in [0.2, 0.25) is 0 Å². The Labute approximate surface area is 175 Å². The Kier molecular flexibility index (Phi) is 4.66. The summed E-state index contributed by atoms with van der Waals surface area (Å²) in [6.07, 6.45) is 9.13. The molecule has 4 aliphatic carbocycles. The molecule has 0 saturated heterocycles. The van der Waals surface area contributed by atoms with Crippen LogP contribution in [-0.4, -0.2) is 31.1 Å². The van der Waals surface area contributed by atoms with Crippen LogP contribution in [0.25, 0.3) is 0 Å². The zero-order valence-electron chi connectivity index (χ0n) is 18.1. The molecule has 0 amide bonds. The number of anilines is 1. The number of carbonyl (C=O) groups is 1. The topological polar surface area (TPSA) is 40.5 Å². The van der Waals surface area contributed by atoms with Crippen molar-refractivity contribution >= 4 is 11.5 Å². The van der Waals surface area contributed by atoms with E-state index in [1.54, 1.807) is 0 Å². The molecule has 0 spiro atoms. The van der Waals surface area contributed by atoms with Crippen molar-refractivity contribution < 1.29 is 9.90 Å². The monoisotopic (exact) mass is 393 g/mol. The first-order valence-corrected chi connectivity index (χ1v) is 11.6. The van der Waals surface area contributed by atoms with Crippen LogP contribution in [-0.2, 0) is 4.79 Å². The fourth-order valence-corrected chi connectivity index (χ4v) is 7.56. The number of benzene rings is 1. The molecule has 156 valence electrons. The van der Waals surface area contributed by atoms with Gasteiger partial charge in [0.1, 0.15) is 0 Å². The quantitative estimate of drug-likeness (QED) is 0.773. The van der Waals surface area contributed by atoms with E-state index in [9.17, 15) is 9.90 Å². The lowest BCUT2D eigenvalue weighted by Gasteiger charge is -2.56. The molecule has 3 fully saturated rings. The Morgan fingerprint density at radius 3 is 2.52 bits per heavy atom. The van der Waals surface area contributed by atoms with Gasteiger partial charge < -0.3 is 10.0 Å². The Bertz CT molecular complexity index is 826. The van der Waals surface area contributed by atoms with Crippen molar-refractivity contribution in [3.05, 3.63) is 41.5 Å². The van der Waals surface area contributed by atoms with E-state index in [4.69, 9.17) is 0 Å². The molecule has 0 aromatic heterocycles. The summed E-state index contributed by atoms with van der Waals surface area (Å²) in [4.78, 5) is 14.4. The summed E-state index contributed by atoms with van der Waals surface area (Å²) in [6, 6.07) is 9.12. The molecule has 7 atom stereocenters. The van der Waals surface area contributed by atoms with Crippen LogP contribution in [0, 0.1) is 29.1 Å². The fraction of sp³-hybridized carbons (Fsp3) is 0.654. The summed E-state index contributed by atoms with van der Waals surface area (Å²) >= 11 is 0. The molecule has 1 aromatic carbocycles. The van der Waals surface area contributed by atoms with Crippen LogP contribution in [0.2, 0.25) is 0 Å². The van der Waals surface area contributed by atoms with Crippen molar-refractivity contribution in [3.8, 4) is 0 Å². The minimum atomic E-state index is -0.143. The molecule has 1 N–H and O–H groups in total. The second-order valence-electron chi connectivity index (χ2n) is 10.6. The van der Waals surface area contributed by atoms with Crippen molar-refractivity contribution in [1.82, 2.24) is 0 Å². The van der Waals surface area contributed by atoms with Gasteiger partial charge in [-0.2, -0.15) is 0 Å². The SMILES string of the molecule is CN(C)c1ccc([C@H]2CC3=CC(=O)CC[C@@H]3[C@H]3CC[C@]4(C)[C@@H](O)CC[C@H]4[C@@H]32)cc1. The number of nitrogens with zero attached hydrogens (tertiary/aromatic N) is 1. The highest BCUT2D eigenvalue weighted by Crippen LogP contribution is 2.64. The molecule has 0 radical (unpaired) electrons. The molecular weight excluding hydrogens is 358 g/mol. The normalized spacial score (nSPS) is 41.2. The predicted molar refractivity (Wildman–Crippen MR) is 117 cm³/mol. The van der Waals surface area contributed by atoms with Crippen molar-refractivity contribution in [2.45, 2.75) is 63.9 Å². The van der Waals surface area contributed by atoms with Gasteiger partial charge in [0.25, 0.3) is 0 Å². The minimum absolute atomic E-state index is 0.0781. The van der Waals surface area contributed by atoms with E-state index in [1.807, 2.05) is 6.08 Å². The molecule has 29 heavy (non-hydrogen) atoms. The molecule has 0 bridgehead atoms. The number of hydrogen-bond acceptors (Lipinski definition) is 3. The second kappa shape index (κ2) is 6.97. The maximum Gasteiger partial charge on any atom is 0.155 e. The highest BCUT2D eigenvalue weighted by atomic mass is 16.3. The standard InChI is InChI=1S/C26H35NO2/c1-26-13-12-21-20-9-8-19(28)14-17(20)15-22(25(21)23(26)10-11-24(26)29)16-4-6-18(7-5-16)27(2)3/h4-7,14,20-25,29H,8-13,15H2,1-3H3/t20-,21+,22+,23-,24-,25-,26-/m0/s1. The van der Waals surface area contributed by atoms with E-state index in [-0.39, 0.29) is 11.5 Å². The van der Waals surface area contributed by atoms with Gasteiger partial charge in [-0.15, -0.1) is 0 Å². The summed E-state index contributed by atoms with van der Waals surface area (Å²) in [7, 11) is 4.17.